The van der Waals surface area contributed by atoms with Gasteiger partial charge in [0.15, 0.2) is 0 Å². The molecule has 1 atom stereocenters. The molecule has 3 rings (SSSR count). The van der Waals surface area contributed by atoms with Crippen molar-refractivity contribution in [3.05, 3.63) is 51.4 Å². The molecule has 1 fully saturated rings. The van der Waals surface area contributed by atoms with Gasteiger partial charge in [0.25, 0.3) is 0 Å². The molecule has 0 bridgehead atoms. The van der Waals surface area contributed by atoms with Gasteiger partial charge in [0.05, 0.1) is 6.04 Å². The number of nitrogens with zero attached hydrogens (tertiary/aromatic N) is 2. The third-order valence-electron chi connectivity index (χ3n) is 3.40. The van der Waals surface area contributed by atoms with Crippen LogP contribution >= 0.6 is 22.9 Å². The molecule has 1 aliphatic heterocycles. The van der Waals surface area contributed by atoms with Gasteiger partial charge in [-0.1, -0.05) is 23.7 Å². The highest BCUT2D eigenvalue weighted by Crippen LogP contribution is 2.31. The van der Waals surface area contributed by atoms with Crippen molar-refractivity contribution in [2.45, 2.75) is 6.04 Å². The van der Waals surface area contributed by atoms with E-state index in [9.17, 15) is 0 Å². The molecule has 2 aromatic rings. The highest BCUT2D eigenvalue weighted by atomic mass is 35.5. The molecule has 0 aliphatic carbocycles. The Morgan fingerprint density at radius 1 is 1.26 bits per heavy atom. The fourth-order valence-corrected chi connectivity index (χ4v) is 3.49. The zero-order valence-corrected chi connectivity index (χ0v) is 12.1. The Balaban J connectivity index is 1.93. The Kier molecular flexibility index (Phi) is 4.13. The fourth-order valence-electron chi connectivity index (χ4n) is 2.49. The summed E-state index contributed by atoms with van der Waals surface area (Å²) in [7, 11) is 0. The first-order valence-electron chi connectivity index (χ1n) is 6.44. The summed E-state index contributed by atoms with van der Waals surface area (Å²) in [5, 5.41) is 6.08. The van der Waals surface area contributed by atoms with Crippen LogP contribution < -0.4 is 5.32 Å². The first-order chi connectivity index (χ1) is 9.34. The molecule has 0 spiro atoms. The molecule has 0 aromatic carbocycles. The van der Waals surface area contributed by atoms with Gasteiger partial charge in [-0.3, -0.25) is 4.90 Å². The van der Waals surface area contributed by atoms with E-state index in [1.54, 1.807) is 11.3 Å². The normalized spacial score (nSPS) is 18.4. The summed E-state index contributed by atoms with van der Waals surface area (Å²) in [6, 6.07) is 8.57. The fraction of sp³-hybridized carbons (Fsp3) is 0.357. The van der Waals surface area contributed by atoms with Crippen LogP contribution in [0.15, 0.2) is 35.8 Å². The van der Waals surface area contributed by atoms with Gasteiger partial charge in [-0.25, -0.2) is 4.98 Å². The first kappa shape index (κ1) is 13.1. The SMILES string of the molecule is Clc1ccc([C@@H](c2cccs2)N2CCNCC2)cn1. The standard InChI is InChI=1S/C14H16ClN3S/c15-13-4-3-11(10-17-13)14(12-2-1-9-19-12)18-7-5-16-6-8-18/h1-4,9-10,14,16H,5-8H2/t14-/m0/s1. The van der Waals surface area contributed by atoms with E-state index in [2.05, 4.69) is 38.8 Å². The van der Waals surface area contributed by atoms with Gasteiger partial charge in [0, 0.05) is 37.3 Å². The molecule has 1 saturated heterocycles. The van der Waals surface area contributed by atoms with Crippen molar-refractivity contribution in [3.8, 4) is 0 Å². The van der Waals surface area contributed by atoms with Gasteiger partial charge in [0.2, 0.25) is 0 Å². The summed E-state index contributed by atoms with van der Waals surface area (Å²) in [6.45, 7) is 4.21. The van der Waals surface area contributed by atoms with Crippen molar-refractivity contribution < 1.29 is 0 Å². The number of pyridine rings is 1. The van der Waals surface area contributed by atoms with Crippen LogP contribution in [-0.2, 0) is 0 Å². The first-order valence-corrected chi connectivity index (χ1v) is 7.70. The number of nitrogens with one attached hydrogen (secondary N) is 1. The van der Waals surface area contributed by atoms with E-state index in [-0.39, 0.29) is 0 Å². The molecule has 0 unspecified atom stereocenters. The minimum absolute atomic E-state index is 0.298. The second-order valence-corrected chi connectivity index (χ2v) is 5.98. The summed E-state index contributed by atoms with van der Waals surface area (Å²) in [6.07, 6.45) is 1.90. The second-order valence-electron chi connectivity index (χ2n) is 4.62. The van der Waals surface area contributed by atoms with Gasteiger partial charge < -0.3 is 5.32 Å². The molecule has 0 radical (unpaired) electrons. The molecular formula is C14H16ClN3S. The quantitative estimate of drug-likeness (QED) is 0.882. The Morgan fingerprint density at radius 3 is 2.74 bits per heavy atom. The lowest BCUT2D eigenvalue weighted by Gasteiger charge is -2.34. The van der Waals surface area contributed by atoms with Crippen LogP contribution in [-0.4, -0.2) is 36.1 Å². The molecule has 2 aromatic heterocycles. The Hall–Kier alpha value is -0.940. The second kappa shape index (κ2) is 6.01. The molecule has 0 saturated carbocycles. The van der Waals surface area contributed by atoms with Gasteiger partial charge in [-0.05, 0) is 23.1 Å². The minimum Gasteiger partial charge on any atom is -0.314 e. The maximum atomic E-state index is 5.89. The lowest BCUT2D eigenvalue weighted by Crippen LogP contribution is -2.45. The van der Waals surface area contributed by atoms with Crippen LogP contribution in [0, 0.1) is 0 Å². The maximum Gasteiger partial charge on any atom is 0.129 e. The predicted molar refractivity (Wildman–Crippen MR) is 79.9 cm³/mol. The Morgan fingerprint density at radius 2 is 2.11 bits per heavy atom. The van der Waals surface area contributed by atoms with E-state index >= 15 is 0 Å². The highest BCUT2D eigenvalue weighted by Gasteiger charge is 2.24. The zero-order chi connectivity index (χ0) is 13.1. The van der Waals surface area contributed by atoms with Crippen LogP contribution in [0.2, 0.25) is 5.15 Å². The van der Waals surface area contributed by atoms with E-state index < -0.39 is 0 Å². The topological polar surface area (TPSA) is 28.2 Å². The number of thiophene rings is 1. The third-order valence-corrected chi connectivity index (χ3v) is 4.54. The van der Waals surface area contributed by atoms with Crippen molar-refractivity contribution in [3.63, 3.8) is 0 Å². The van der Waals surface area contributed by atoms with Crippen LogP contribution in [0.4, 0.5) is 0 Å². The Bertz CT molecular complexity index is 506. The van der Waals surface area contributed by atoms with E-state index in [1.165, 1.54) is 10.4 Å². The third kappa shape index (κ3) is 2.98. The number of rotatable bonds is 3. The van der Waals surface area contributed by atoms with E-state index in [0.29, 0.717) is 11.2 Å². The predicted octanol–water partition coefficient (Wildman–Crippen LogP) is 2.79. The summed E-state index contributed by atoms with van der Waals surface area (Å²) >= 11 is 7.70. The molecular weight excluding hydrogens is 278 g/mol. The van der Waals surface area contributed by atoms with Gasteiger partial charge >= 0.3 is 0 Å². The van der Waals surface area contributed by atoms with Gasteiger partial charge in [-0.15, -0.1) is 11.3 Å². The summed E-state index contributed by atoms with van der Waals surface area (Å²) in [4.78, 5) is 8.11. The minimum atomic E-state index is 0.298. The maximum absolute atomic E-state index is 5.89. The van der Waals surface area contributed by atoms with Crippen LogP contribution in [0.5, 0.6) is 0 Å². The van der Waals surface area contributed by atoms with Crippen molar-refractivity contribution in [1.82, 2.24) is 15.2 Å². The molecule has 0 amide bonds. The van der Waals surface area contributed by atoms with Crippen molar-refractivity contribution in [2.24, 2.45) is 0 Å². The molecule has 3 heterocycles. The number of halogens is 1. The molecule has 1 N–H and O–H groups in total. The number of piperazine rings is 1. The summed E-state index contributed by atoms with van der Waals surface area (Å²) in [5.41, 5.74) is 1.22. The molecule has 100 valence electrons. The summed E-state index contributed by atoms with van der Waals surface area (Å²) < 4.78 is 0. The average Bonchev–Trinajstić information content (AvgIpc) is 2.96. The average molecular weight is 294 g/mol. The molecule has 19 heavy (non-hydrogen) atoms. The summed E-state index contributed by atoms with van der Waals surface area (Å²) in [5.74, 6) is 0. The Labute approximate surface area is 122 Å². The zero-order valence-electron chi connectivity index (χ0n) is 10.6. The van der Waals surface area contributed by atoms with E-state index in [1.807, 2.05) is 12.3 Å². The van der Waals surface area contributed by atoms with E-state index in [0.717, 1.165) is 26.2 Å². The van der Waals surface area contributed by atoms with Gasteiger partial charge in [0.1, 0.15) is 5.15 Å². The number of aromatic nitrogens is 1. The van der Waals surface area contributed by atoms with Gasteiger partial charge in [-0.2, -0.15) is 0 Å². The molecule has 5 heteroatoms. The largest absolute Gasteiger partial charge is 0.314 e. The number of hydrogen-bond donors (Lipinski definition) is 1. The van der Waals surface area contributed by atoms with E-state index in [4.69, 9.17) is 11.6 Å². The van der Waals surface area contributed by atoms with Crippen molar-refractivity contribution in [1.29, 1.82) is 0 Å². The molecule has 3 nitrogen and oxygen atoms in total. The van der Waals surface area contributed by atoms with Crippen LogP contribution in [0.3, 0.4) is 0 Å². The van der Waals surface area contributed by atoms with Crippen LogP contribution in [0.25, 0.3) is 0 Å². The highest BCUT2D eigenvalue weighted by molar-refractivity contribution is 7.10. The van der Waals surface area contributed by atoms with Crippen LogP contribution in [0.1, 0.15) is 16.5 Å². The van der Waals surface area contributed by atoms with Crippen molar-refractivity contribution >= 4 is 22.9 Å². The number of hydrogen-bond acceptors (Lipinski definition) is 4. The lowest BCUT2D eigenvalue weighted by atomic mass is 10.0. The smallest absolute Gasteiger partial charge is 0.129 e. The monoisotopic (exact) mass is 293 g/mol. The van der Waals surface area contributed by atoms with Crippen molar-refractivity contribution in [2.75, 3.05) is 26.2 Å². The molecule has 1 aliphatic rings. The lowest BCUT2D eigenvalue weighted by molar-refractivity contribution is 0.200.